The van der Waals surface area contributed by atoms with E-state index in [9.17, 15) is 0 Å². The van der Waals surface area contributed by atoms with E-state index >= 15 is 0 Å². The maximum absolute atomic E-state index is 9.04. The van der Waals surface area contributed by atoms with E-state index in [1.807, 2.05) is 0 Å². The molecule has 4 heteroatoms. The highest BCUT2D eigenvalue weighted by molar-refractivity contribution is 6.30. The summed E-state index contributed by atoms with van der Waals surface area (Å²) in [5, 5.41) is 26.9. The van der Waals surface area contributed by atoms with Gasteiger partial charge in [0.25, 0.3) is 5.79 Å². The minimum absolute atomic E-state index is 0.106. The fraction of sp³-hybridized carbons (Fsp3) is 0.125. The molecule has 0 aliphatic carbocycles. The SMILES string of the molecule is N#CC(O)(O)c1ccc(Cl)cc1. The summed E-state index contributed by atoms with van der Waals surface area (Å²) < 4.78 is 0. The molecule has 0 saturated carbocycles. The standard InChI is InChI=1S/C8H6ClNO2/c9-7-3-1-6(2-4-7)8(11,12)5-10/h1-4,11-12H. The van der Waals surface area contributed by atoms with Gasteiger partial charge in [0.1, 0.15) is 6.07 Å². The van der Waals surface area contributed by atoms with Gasteiger partial charge in [-0.25, -0.2) is 0 Å². The third-order valence-corrected chi connectivity index (χ3v) is 1.65. The Morgan fingerprint density at radius 2 is 1.75 bits per heavy atom. The normalized spacial score (nSPS) is 10.8. The first kappa shape index (κ1) is 9.01. The van der Waals surface area contributed by atoms with E-state index in [2.05, 4.69) is 0 Å². The van der Waals surface area contributed by atoms with Gasteiger partial charge in [-0.2, -0.15) is 5.26 Å². The van der Waals surface area contributed by atoms with Crippen LogP contribution >= 0.6 is 11.6 Å². The summed E-state index contributed by atoms with van der Waals surface area (Å²) >= 11 is 5.56. The molecule has 2 N–H and O–H groups in total. The summed E-state index contributed by atoms with van der Waals surface area (Å²) in [4.78, 5) is 0. The molecule has 0 aromatic heterocycles. The van der Waals surface area contributed by atoms with Crippen molar-refractivity contribution < 1.29 is 10.2 Å². The zero-order valence-electron chi connectivity index (χ0n) is 6.03. The van der Waals surface area contributed by atoms with Crippen LogP contribution in [0.3, 0.4) is 0 Å². The second kappa shape index (κ2) is 3.11. The third kappa shape index (κ3) is 1.74. The largest absolute Gasteiger partial charge is 0.350 e. The van der Waals surface area contributed by atoms with Crippen LogP contribution < -0.4 is 0 Å². The molecule has 0 heterocycles. The van der Waals surface area contributed by atoms with E-state index in [1.165, 1.54) is 30.3 Å². The summed E-state index contributed by atoms with van der Waals surface area (Å²) in [7, 11) is 0. The Morgan fingerprint density at radius 3 is 2.17 bits per heavy atom. The molecule has 0 atom stereocenters. The molecule has 0 aliphatic rings. The number of hydrogen-bond acceptors (Lipinski definition) is 3. The van der Waals surface area contributed by atoms with Gasteiger partial charge in [0.2, 0.25) is 0 Å². The van der Waals surface area contributed by atoms with E-state index in [-0.39, 0.29) is 5.56 Å². The first-order chi connectivity index (χ1) is 5.56. The lowest BCUT2D eigenvalue weighted by Crippen LogP contribution is -2.21. The number of aliphatic hydroxyl groups is 2. The van der Waals surface area contributed by atoms with Crippen LogP contribution in [-0.2, 0) is 5.79 Å². The Balaban J connectivity index is 3.07. The van der Waals surface area contributed by atoms with Crippen molar-refractivity contribution in [1.82, 2.24) is 0 Å². The van der Waals surface area contributed by atoms with E-state index in [4.69, 9.17) is 27.1 Å². The summed E-state index contributed by atoms with van der Waals surface area (Å²) in [5.41, 5.74) is 0.106. The monoisotopic (exact) mass is 183 g/mol. The van der Waals surface area contributed by atoms with Crippen LogP contribution in [0.2, 0.25) is 5.02 Å². The van der Waals surface area contributed by atoms with Crippen LogP contribution in [0.5, 0.6) is 0 Å². The highest BCUT2D eigenvalue weighted by Crippen LogP contribution is 2.18. The Bertz CT molecular complexity index is 313. The van der Waals surface area contributed by atoms with E-state index in [0.29, 0.717) is 5.02 Å². The van der Waals surface area contributed by atoms with Crippen LogP contribution in [0.15, 0.2) is 24.3 Å². The van der Waals surface area contributed by atoms with Crippen molar-refractivity contribution in [3.63, 3.8) is 0 Å². The lowest BCUT2D eigenvalue weighted by molar-refractivity contribution is -0.117. The number of benzene rings is 1. The number of nitrogens with zero attached hydrogens (tertiary/aromatic N) is 1. The van der Waals surface area contributed by atoms with Gasteiger partial charge in [-0.15, -0.1) is 0 Å². The molecule has 0 saturated heterocycles. The molecule has 62 valence electrons. The Morgan fingerprint density at radius 1 is 1.25 bits per heavy atom. The van der Waals surface area contributed by atoms with Crippen molar-refractivity contribution in [2.24, 2.45) is 0 Å². The number of halogens is 1. The van der Waals surface area contributed by atoms with Crippen LogP contribution in [0.25, 0.3) is 0 Å². The van der Waals surface area contributed by atoms with Gasteiger partial charge in [-0.05, 0) is 12.1 Å². The number of rotatable bonds is 1. The predicted molar refractivity (Wildman–Crippen MR) is 43.2 cm³/mol. The quantitative estimate of drug-likeness (QED) is 0.504. The molecule has 3 nitrogen and oxygen atoms in total. The molecule has 12 heavy (non-hydrogen) atoms. The molecular formula is C8H6ClNO2. The van der Waals surface area contributed by atoms with Gasteiger partial charge in [-0.1, -0.05) is 23.7 Å². The maximum atomic E-state index is 9.04. The molecule has 0 bridgehead atoms. The molecular weight excluding hydrogens is 178 g/mol. The zero-order chi connectivity index (χ0) is 9.19. The molecule has 1 aromatic rings. The summed E-state index contributed by atoms with van der Waals surface area (Å²) in [6, 6.07) is 7.07. The van der Waals surface area contributed by atoms with Crippen molar-refractivity contribution in [2.75, 3.05) is 0 Å². The number of nitriles is 1. The van der Waals surface area contributed by atoms with Crippen molar-refractivity contribution in [2.45, 2.75) is 5.79 Å². The lowest BCUT2D eigenvalue weighted by atomic mass is 10.1. The fourth-order valence-electron chi connectivity index (χ4n) is 0.747. The average Bonchev–Trinajstić information content (AvgIpc) is 2.05. The lowest BCUT2D eigenvalue weighted by Gasteiger charge is -2.11. The van der Waals surface area contributed by atoms with Crippen LogP contribution in [-0.4, -0.2) is 10.2 Å². The molecule has 0 radical (unpaired) electrons. The Hall–Kier alpha value is -1.08. The summed E-state index contributed by atoms with van der Waals surface area (Å²) in [5.74, 6) is -2.43. The van der Waals surface area contributed by atoms with Crippen LogP contribution in [0, 0.1) is 11.3 Å². The third-order valence-electron chi connectivity index (χ3n) is 1.40. The minimum Gasteiger partial charge on any atom is -0.350 e. The van der Waals surface area contributed by atoms with Gasteiger partial charge in [0, 0.05) is 10.6 Å². The van der Waals surface area contributed by atoms with Crippen molar-refractivity contribution >= 4 is 11.6 Å². The molecule has 0 aliphatic heterocycles. The van der Waals surface area contributed by atoms with Gasteiger partial charge in [0.05, 0.1) is 0 Å². The molecule has 1 rings (SSSR count). The van der Waals surface area contributed by atoms with E-state index in [0.717, 1.165) is 0 Å². The summed E-state index contributed by atoms with van der Waals surface area (Å²) in [6.07, 6.45) is 0. The van der Waals surface area contributed by atoms with Crippen molar-refractivity contribution in [3.05, 3.63) is 34.9 Å². The van der Waals surface area contributed by atoms with Gasteiger partial charge in [-0.3, -0.25) is 0 Å². The van der Waals surface area contributed by atoms with E-state index in [1.54, 1.807) is 0 Å². The first-order valence-electron chi connectivity index (χ1n) is 3.18. The minimum atomic E-state index is -2.43. The van der Waals surface area contributed by atoms with Gasteiger partial charge in [0.15, 0.2) is 0 Å². The van der Waals surface area contributed by atoms with Crippen LogP contribution in [0.4, 0.5) is 0 Å². The van der Waals surface area contributed by atoms with Gasteiger partial charge >= 0.3 is 0 Å². The highest BCUT2D eigenvalue weighted by Gasteiger charge is 2.24. The Labute approximate surface area is 74.4 Å². The topological polar surface area (TPSA) is 64.2 Å². The molecule has 0 unspecified atom stereocenters. The van der Waals surface area contributed by atoms with Crippen LogP contribution in [0.1, 0.15) is 5.56 Å². The smallest absolute Gasteiger partial charge is 0.282 e. The second-order valence-corrected chi connectivity index (χ2v) is 2.73. The molecule has 1 aromatic carbocycles. The number of hydrogen-bond donors (Lipinski definition) is 2. The fourth-order valence-corrected chi connectivity index (χ4v) is 0.873. The zero-order valence-corrected chi connectivity index (χ0v) is 6.78. The van der Waals surface area contributed by atoms with E-state index < -0.39 is 5.79 Å². The predicted octanol–water partition coefficient (Wildman–Crippen LogP) is 1.00. The van der Waals surface area contributed by atoms with Crippen molar-refractivity contribution in [3.8, 4) is 6.07 Å². The summed E-state index contributed by atoms with van der Waals surface area (Å²) in [6.45, 7) is 0. The maximum Gasteiger partial charge on any atom is 0.282 e. The van der Waals surface area contributed by atoms with Gasteiger partial charge < -0.3 is 10.2 Å². The molecule has 0 spiro atoms. The second-order valence-electron chi connectivity index (χ2n) is 2.29. The Kier molecular flexibility index (Phi) is 2.34. The molecule has 0 fully saturated rings. The first-order valence-corrected chi connectivity index (χ1v) is 3.56. The average molecular weight is 184 g/mol. The van der Waals surface area contributed by atoms with Crippen molar-refractivity contribution in [1.29, 1.82) is 5.26 Å². The highest BCUT2D eigenvalue weighted by atomic mass is 35.5. The molecule has 0 amide bonds.